The molecule has 3 N–H and O–H groups in total. The fourth-order valence-corrected chi connectivity index (χ4v) is 6.65. The molecule has 0 aromatic heterocycles. The Labute approximate surface area is 339 Å². The Hall–Kier alpha value is -2.44. The molecule has 0 rings (SSSR count). The van der Waals surface area contributed by atoms with Crippen molar-refractivity contribution < 1.29 is 24.5 Å². The van der Waals surface area contributed by atoms with Gasteiger partial charge in [0, 0.05) is 6.42 Å². The van der Waals surface area contributed by atoms with Crippen molar-refractivity contribution in [3.8, 4) is 0 Å². The van der Waals surface area contributed by atoms with Crippen LogP contribution in [0, 0.1) is 0 Å². The number of carbonyl (C=O) groups excluding carboxylic acids is 2. The van der Waals surface area contributed by atoms with Crippen molar-refractivity contribution in [1.82, 2.24) is 5.32 Å². The molecule has 0 spiro atoms. The minimum Gasteiger partial charge on any atom is -0.462 e. The van der Waals surface area contributed by atoms with Crippen LogP contribution in [0.3, 0.4) is 0 Å². The predicted octanol–water partition coefficient (Wildman–Crippen LogP) is 13.3. The number of hydrogen-bond donors (Lipinski definition) is 3. The van der Waals surface area contributed by atoms with Crippen LogP contribution in [-0.2, 0) is 14.3 Å². The molecule has 0 heterocycles. The lowest BCUT2D eigenvalue weighted by Crippen LogP contribution is -2.46. The molecule has 318 valence electrons. The second kappa shape index (κ2) is 42.7. The third kappa shape index (κ3) is 38.2. The number of esters is 1. The van der Waals surface area contributed by atoms with Crippen molar-refractivity contribution in [3.05, 3.63) is 60.8 Å². The van der Waals surface area contributed by atoms with Gasteiger partial charge in [0.25, 0.3) is 0 Å². The van der Waals surface area contributed by atoms with Gasteiger partial charge in [0.1, 0.15) is 6.10 Å². The number of aliphatic hydroxyl groups excluding tert-OH is 2. The van der Waals surface area contributed by atoms with Crippen LogP contribution in [0.15, 0.2) is 60.8 Å². The molecule has 0 saturated carbocycles. The molecular formula is C49H87NO5. The first kappa shape index (κ1) is 52.6. The van der Waals surface area contributed by atoms with Crippen molar-refractivity contribution in [1.29, 1.82) is 0 Å². The van der Waals surface area contributed by atoms with Gasteiger partial charge in [-0.1, -0.05) is 204 Å². The Morgan fingerprint density at radius 3 is 1.38 bits per heavy atom. The minimum absolute atomic E-state index is 0.0477. The van der Waals surface area contributed by atoms with Gasteiger partial charge < -0.3 is 20.3 Å². The molecule has 3 atom stereocenters. The maximum Gasteiger partial charge on any atom is 0.306 e. The van der Waals surface area contributed by atoms with E-state index < -0.39 is 18.2 Å². The molecule has 0 aliphatic carbocycles. The summed E-state index contributed by atoms with van der Waals surface area (Å²) in [4.78, 5) is 25.9. The first-order chi connectivity index (χ1) is 27.0. The predicted molar refractivity (Wildman–Crippen MR) is 236 cm³/mol. The summed E-state index contributed by atoms with van der Waals surface area (Å²) in [5.41, 5.74) is 0. The van der Waals surface area contributed by atoms with Crippen molar-refractivity contribution in [2.75, 3.05) is 6.61 Å². The highest BCUT2D eigenvalue weighted by atomic mass is 16.5. The van der Waals surface area contributed by atoms with E-state index in [2.05, 4.69) is 80.8 Å². The molecule has 0 aromatic carbocycles. The van der Waals surface area contributed by atoms with E-state index in [0.717, 1.165) is 70.6 Å². The Morgan fingerprint density at radius 1 is 0.545 bits per heavy atom. The maximum atomic E-state index is 13.1. The summed E-state index contributed by atoms with van der Waals surface area (Å²) >= 11 is 0. The zero-order chi connectivity index (χ0) is 40.3. The van der Waals surface area contributed by atoms with Gasteiger partial charge >= 0.3 is 5.97 Å². The number of rotatable bonds is 40. The summed E-state index contributed by atoms with van der Waals surface area (Å²) in [6.07, 6.45) is 51.5. The summed E-state index contributed by atoms with van der Waals surface area (Å²) in [6, 6.07) is -0.713. The van der Waals surface area contributed by atoms with E-state index in [9.17, 15) is 19.8 Å². The maximum absolute atomic E-state index is 13.1. The minimum atomic E-state index is -0.797. The molecule has 0 aliphatic heterocycles. The Bertz CT molecular complexity index is 999. The molecular weight excluding hydrogens is 683 g/mol. The van der Waals surface area contributed by atoms with E-state index in [-0.39, 0.29) is 31.3 Å². The summed E-state index contributed by atoms with van der Waals surface area (Å²) in [5.74, 6) is -0.576. The van der Waals surface area contributed by atoms with Gasteiger partial charge in [-0.2, -0.15) is 0 Å². The van der Waals surface area contributed by atoms with Gasteiger partial charge in [-0.15, -0.1) is 0 Å². The fourth-order valence-electron chi connectivity index (χ4n) is 6.65. The third-order valence-corrected chi connectivity index (χ3v) is 10.1. The van der Waals surface area contributed by atoms with Crippen LogP contribution in [-0.4, -0.2) is 46.9 Å². The summed E-state index contributed by atoms with van der Waals surface area (Å²) in [5, 5.41) is 23.6. The molecule has 0 saturated heterocycles. The van der Waals surface area contributed by atoms with Crippen molar-refractivity contribution in [2.45, 2.75) is 232 Å². The highest BCUT2D eigenvalue weighted by molar-refractivity contribution is 5.77. The van der Waals surface area contributed by atoms with Crippen LogP contribution < -0.4 is 5.32 Å². The number of amides is 1. The number of allylic oxidation sites excluding steroid dienone is 10. The number of carbonyl (C=O) groups is 2. The van der Waals surface area contributed by atoms with Gasteiger partial charge in [0.05, 0.1) is 25.2 Å². The molecule has 6 heteroatoms. The number of unbranched alkanes of at least 4 members (excludes halogenated alkanes) is 18. The molecule has 1 amide bonds. The van der Waals surface area contributed by atoms with E-state index >= 15 is 0 Å². The van der Waals surface area contributed by atoms with Crippen LogP contribution in [0.1, 0.15) is 213 Å². The lowest BCUT2D eigenvalue weighted by Gasteiger charge is -2.24. The van der Waals surface area contributed by atoms with Crippen LogP contribution >= 0.6 is 0 Å². The van der Waals surface area contributed by atoms with E-state index in [1.54, 1.807) is 0 Å². The fraction of sp³-hybridized carbons (Fsp3) is 0.755. The number of ether oxygens (including phenoxy) is 1. The average molecular weight is 770 g/mol. The molecule has 55 heavy (non-hydrogen) atoms. The Balaban J connectivity index is 4.64. The van der Waals surface area contributed by atoms with Crippen molar-refractivity contribution in [2.24, 2.45) is 0 Å². The monoisotopic (exact) mass is 770 g/mol. The molecule has 3 unspecified atom stereocenters. The van der Waals surface area contributed by atoms with Gasteiger partial charge in [-0.05, 0) is 57.8 Å². The Morgan fingerprint density at radius 2 is 0.945 bits per heavy atom. The van der Waals surface area contributed by atoms with Gasteiger partial charge in [-0.3, -0.25) is 9.59 Å². The van der Waals surface area contributed by atoms with E-state index in [4.69, 9.17) is 4.74 Å². The van der Waals surface area contributed by atoms with Crippen molar-refractivity contribution >= 4 is 11.9 Å². The SMILES string of the molecule is CC/C=C/C/C=C/C/C=C/C/C=C/C/C=C/CCC(=O)OC(CCCCCCCCCCC)CC(=O)NC(CO)C(O)CCCCCCCCCCCCC. The molecule has 0 radical (unpaired) electrons. The van der Waals surface area contributed by atoms with Crippen LogP contribution in [0.4, 0.5) is 0 Å². The molecule has 0 fully saturated rings. The smallest absolute Gasteiger partial charge is 0.306 e. The van der Waals surface area contributed by atoms with E-state index in [0.29, 0.717) is 19.3 Å². The van der Waals surface area contributed by atoms with Gasteiger partial charge in [-0.25, -0.2) is 0 Å². The Kier molecular flexibility index (Phi) is 40.8. The van der Waals surface area contributed by atoms with Gasteiger partial charge in [0.15, 0.2) is 0 Å². The highest BCUT2D eigenvalue weighted by Crippen LogP contribution is 2.17. The van der Waals surface area contributed by atoms with Gasteiger partial charge in [0.2, 0.25) is 5.91 Å². The van der Waals surface area contributed by atoms with Crippen LogP contribution in [0.25, 0.3) is 0 Å². The third-order valence-electron chi connectivity index (χ3n) is 10.1. The quantitative estimate of drug-likeness (QED) is 0.0328. The molecule has 0 aromatic rings. The second-order valence-electron chi connectivity index (χ2n) is 15.4. The first-order valence-electron chi connectivity index (χ1n) is 23.0. The van der Waals surface area contributed by atoms with E-state index in [1.165, 1.54) is 89.9 Å². The second-order valence-corrected chi connectivity index (χ2v) is 15.4. The molecule has 0 aliphatic rings. The largest absolute Gasteiger partial charge is 0.462 e. The number of hydrogen-bond acceptors (Lipinski definition) is 5. The standard InChI is InChI=1S/C49H87NO5/c1-4-7-10-13-16-19-21-22-23-24-25-27-30-33-36-39-42-49(54)55-45(40-37-34-31-28-18-15-12-9-6-3)43-48(53)50-46(44-51)47(52)41-38-35-32-29-26-20-17-14-11-8-5-2/h7,10,16,19,22-23,25,27,33,36,45-47,51-52H,4-6,8-9,11-15,17-18,20-21,24,26,28-32,34-35,37-44H2,1-3H3,(H,50,53)/b10-7+,19-16+,23-22+,27-25+,36-33+. The van der Waals surface area contributed by atoms with E-state index in [1.807, 2.05) is 6.08 Å². The summed E-state index contributed by atoms with van der Waals surface area (Å²) in [6.45, 7) is 6.31. The van der Waals surface area contributed by atoms with Crippen LogP contribution in [0.2, 0.25) is 0 Å². The summed E-state index contributed by atoms with van der Waals surface area (Å²) in [7, 11) is 0. The lowest BCUT2D eigenvalue weighted by atomic mass is 10.0. The van der Waals surface area contributed by atoms with Crippen LogP contribution in [0.5, 0.6) is 0 Å². The molecule has 0 bridgehead atoms. The highest BCUT2D eigenvalue weighted by Gasteiger charge is 2.24. The molecule has 6 nitrogen and oxygen atoms in total. The topological polar surface area (TPSA) is 95.9 Å². The number of aliphatic hydroxyl groups is 2. The summed E-state index contributed by atoms with van der Waals surface area (Å²) < 4.78 is 5.85. The normalized spacial score (nSPS) is 13.9. The number of nitrogens with one attached hydrogen (secondary N) is 1. The zero-order valence-corrected chi connectivity index (χ0v) is 36.0. The van der Waals surface area contributed by atoms with Crippen molar-refractivity contribution in [3.63, 3.8) is 0 Å². The average Bonchev–Trinajstić information content (AvgIpc) is 3.18. The lowest BCUT2D eigenvalue weighted by molar-refractivity contribution is -0.150. The first-order valence-corrected chi connectivity index (χ1v) is 23.0. The zero-order valence-electron chi connectivity index (χ0n) is 36.0.